The van der Waals surface area contributed by atoms with E-state index in [4.69, 9.17) is 5.73 Å². The molecule has 0 aliphatic carbocycles. The summed E-state index contributed by atoms with van der Waals surface area (Å²) in [7, 11) is 0. The van der Waals surface area contributed by atoms with Gasteiger partial charge in [-0.15, -0.1) is 5.56 Å². The van der Waals surface area contributed by atoms with Crippen molar-refractivity contribution in [1.82, 2.24) is 0 Å². The average molecular weight is 351 g/mol. The fraction of sp³-hybridized carbons (Fsp3) is 0.222. The van der Waals surface area contributed by atoms with Crippen molar-refractivity contribution in [3.8, 4) is 0 Å². The molecule has 2 N–H and O–H groups in total. The predicted octanol–water partition coefficient (Wildman–Crippen LogP) is 2.12. The van der Waals surface area contributed by atoms with Gasteiger partial charge in [0.1, 0.15) is 0 Å². The number of hydrogen-bond donors (Lipinski definition) is 1. The average Bonchev–Trinajstić information content (AvgIpc) is 2.04. The van der Waals surface area contributed by atoms with Crippen molar-refractivity contribution < 1.29 is 21.1 Å². The van der Waals surface area contributed by atoms with Crippen LogP contribution in [0.5, 0.6) is 0 Å². The molecule has 0 amide bonds. The molecule has 0 aliphatic rings. The number of benzene rings is 1. The molecule has 1 rings (SSSR count). The number of rotatable bonds is 2. The van der Waals surface area contributed by atoms with Gasteiger partial charge < -0.3 is 13.2 Å². The zero-order chi connectivity index (χ0) is 7.40. The van der Waals surface area contributed by atoms with Crippen LogP contribution in [0.4, 0.5) is 0 Å². The molecule has 1 aromatic carbocycles. The molecular weight excluding hydrogens is 338 g/mol. The van der Waals surface area contributed by atoms with Crippen LogP contribution in [0.15, 0.2) is 23.1 Å². The molecule has 66 valence electrons. The second kappa shape index (κ2) is 7.85. The summed E-state index contributed by atoms with van der Waals surface area (Å²) in [5, 5.41) is 0. The Kier molecular flexibility index (Phi) is 9.63. The maximum absolute atomic E-state index is 5.50. The van der Waals surface area contributed by atoms with Crippen molar-refractivity contribution in [2.45, 2.75) is 11.4 Å². The van der Waals surface area contributed by atoms with Crippen LogP contribution in [0.2, 0.25) is 0 Å². The summed E-state index contributed by atoms with van der Waals surface area (Å²) in [6.45, 7) is 0.616. The van der Waals surface area contributed by atoms with Crippen molar-refractivity contribution in [3.63, 3.8) is 0 Å². The summed E-state index contributed by atoms with van der Waals surface area (Å²) in [4.78, 5) is 1.23. The first kappa shape index (κ1) is 14.7. The zero-order valence-corrected chi connectivity index (χ0v) is 11.1. The maximum Gasteiger partial charge on any atom is 2.00 e. The largest absolute Gasteiger partial charge is 2.00 e. The summed E-state index contributed by atoms with van der Waals surface area (Å²) in [5.74, 6) is 0. The summed E-state index contributed by atoms with van der Waals surface area (Å²) in [5.41, 5.74) is 6.70. The van der Waals surface area contributed by atoms with Gasteiger partial charge in [-0.25, -0.2) is 0 Å². The Morgan fingerprint density at radius 1 is 1.58 bits per heavy atom. The quantitative estimate of drug-likeness (QED) is 0.653. The van der Waals surface area contributed by atoms with Crippen molar-refractivity contribution >= 4 is 11.8 Å². The van der Waals surface area contributed by atoms with Crippen LogP contribution in [0.25, 0.3) is 0 Å². The van der Waals surface area contributed by atoms with Gasteiger partial charge in [-0.05, 0) is 12.8 Å². The van der Waals surface area contributed by atoms with Gasteiger partial charge in [-0.3, -0.25) is 0 Å². The van der Waals surface area contributed by atoms with E-state index in [0.717, 1.165) is 0 Å². The van der Waals surface area contributed by atoms with E-state index in [-0.39, 0.29) is 28.5 Å². The third-order valence-corrected chi connectivity index (χ3v) is 2.17. The van der Waals surface area contributed by atoms with Crippen molar-refractivity contribution in [3.05, 3.63) is 37.3 Å². The van der Waals surface area contributed by atoms with Crippen LogP contribution in [0.1, 0.15) is 5.56 Å². The van der Waals surface area contributed by atoms with Crippen molar-refractivity contribution in [1.29, 1.82) is 0 Å². The van der Waals surface area contributed by atoms with Gasteiger partial charge in [0.15, 0.2) is 0 Å². The normalized spacial score (nSPS) is 8.17. The Hall–Kier alpha value is 0.218. The Morgan fingerprint density at radius 3 is 2.67 bits per heavy atom. The third-order valence-electron chi connectivity index (χ3n) is 1.35. The first-order valence-corrected chi connectivity index (χ1v) is 4.34. The molecule has 3 heteroatoms. The van der Waals surface area contributed by atoms with Crippen LogP contribution in [0.3, 0.4) is 0 Å². The molecule has 1 nitrogen and oxygen atoms in total. The van der Waals surface area contributed by atoms with Crippen molar-refractivity contribution in [2.75, 3.05) is 6.26 Å². The van der Waals surface area contributed by atoms with Gasteiger partial charge in [-0.1, -0.05) is 4.90 Å². The minimum absolute atomic E-state index is 0. The topological polar surface area (TPSA) is 26.0 Å². The predicted molar refractivity (Wildman–Crippen MR) is 51.4 cm³/mol. The molecular formula is C9H13NSW. The van der Waals surface area contributed by atoms with Gasteiger partial charge in [0.25, 0.3) is 0 Å². The van der Waals surface area contributed by atoms with Crippen LogP contribution in [-0.4, -0.2) is 6.26 Å². The van der Waals surface area contributed by atoms with E-state index in [0.29, 0.717) is 6.54 Å². The molecule has 0 bridgehead atoms. The molecule has 0 saturated heterocycles. The molecule has 0 heterocycles. The van der Waals surface area contributed by atoms with Gasteiger partial charge >= 0.3 is 21.1 Å². The van der Waals surface area contributed by atoms with E-state index in [1.54, 1.807) is 11.8 Å². The van der Waals surface area contributed by atoms with Gasteiger partial charge in [0.05, 0.1) is 0 Å². The van der Waals surface area contributed by atoms with Crippen LogP contribution >= 0.6 is 11.8 Å². The maximum atomic E-state index is 5.50. The van der Waals surface area contributed by atoms with Crippen LogP contribution < -0.4 is 5.73 Å². The number of thioether (sulfide) groups is 1. The van der Waals surface area contributed by atoms with E-state index in [1.165, 1.54) is 10.5 Å². The SMILES string of the molecule is CSc1c[c-]ccc1CN.[CH3-].[W+2]. The summed E-state index contributed by atoms with van der Waals surface area (Å²) < 4.78 is 0. The van der Waals surface area contributed by atoms with Crippen LogP contribution in [-0.2, 0) is 27.6 Å². The second-order valence-corrected chi connectivity index (χ2v) is 2.79. The Morgan fingerprint density at radius 2 is 2.25 bits per heavy atom. The van der Waals surface area contributed by atoms with E-state index >= 15 is 0 Å². The third kappa shape index (κ3) is 3.75. The fourth-order valence-electron chi connectivity index (χ4n) is 0.806. The standard InChI is InChI=1S/C8H10NS.CH3.W/c1-10-8-5-3-2-4-7(8)6-9;;/h2,4-5H,6,9H2,1H3;1H3;/q2*-1;+2. The molecule has 0 unspecified atom stereocenters. The zero-order valence-electron chi connectivity index (χ0n) is 7.33. The molecule has 0 aliphatic heterocycles. The van der Waals surface area contributed by atoms with Gasteiger partial charge in [0.2, 0.25) is 0 Å². The minimum atomic E-state index is 0. The van der Waals surface area contributed by atoms with Gasteiger partial charge in [0, 0.05) is 0 Å². The Labute approximate surface area is 93.4 Å². The van der Waals surface area contributed by atoms with Gasteiger partial charge in [-0.2, -0.15) is 36.0 Å². The van der Waals surface area contributed by atoms with E-state index < -0.39 is 0 Å². The fourth-order valence-corrected chi connectivity index (χ4v) is 1.41. The molecule has 12 heavy (non-hydrogen) atoms. The number of nitrogens with two attached hydrogens (primary N) is 1. The monoisotopic (exact) mass is 351 g/mol. The van der Waals surface area contributed by atoms with Crippen molar-refractivity contribution in [2.24, 2.45) is 5.73 Å². The summed E-state index contributed by atoms with van der Waals surface area (Å²) in [6, 6.07) is 8.87. The second-order valence-electron chi connectivity index (χ2n) is 1.94. The number of hydrogen-bond acceptors (Lipinski definition) is 2. The molecule has 0 atom stereocenters. The minimum Gasteiger partial charge on any atom is -0.358 e. The first-order valence-electron chi connectivity index (χ1n) is 3.11. The molecule has 0 aromatic heterocycles. The first-order chi connectivity index (χ1) is 4.88. The molecule has 0 radical (unpaired) electrons. The molecule has 0 spiro atoms. The Balaban J connectivity index is 0. The van der Waals surface area contributed by atoms with Crippen LogP contribution in [0, 0.1) is 13.5 Å². The van der Waals surface area contributed by atoms with E-state index in [2.05, 4.69) is 6.07 Å². The molecule has 1 aromatic rings. The van der Waals surface area contributed by atoms with E-state index in [9.17, 15) is 0 Å². The Bertz CT molecular complexity index is 192. The smallest absolute Gasteiger partial charge is 0.358 e. The van der Waals surface area contributed by atoms with E-state index in [1.807, 2.05) is 24.5 Å². The molecule has 0 fully saturated rings. The molecule has 0 saturated carbocycles. The summed E-state index contributed by atoms with van der Waals surface area (Å²) >= 11 is 1.71. The summed E-state index contributed by atoms with van der Waals surface area (Å²) in [6.07, 6.45) is 2.04.